The molecular formula is C15H21NO4S. The first-order valence-electron chi connectivity index (χ1n) is 7.23. The fraction of sp³-hybridized carbons (Fsp3) is 0.533. The van der Waals surface area contributed by atoms with Crippen molar-refractivity contribution in [3.05, 3.63) is 35.9 Å². The molecule has 2 rings (SSSR count). The van der Waals surface area contributed by atoms with Crippen LogP contribution in [0.4, 0.5) is 0 Å². The van der Waals surface area contributed by atoms with Crippen molar-refractivity contribution in [2.45, 2.75) is 38.1 Å². The summed E-state index contributed by atoms with van der Waals surface area (Å²) in [6, 6.07) is 7.91. The lowest BCUT2D eigenvalue weighted by atomic mass is 9.84. The molecule has 0 saturated heterocycles. The first kappa shape index (κ1) is 16.0. The summed E-state index contributed by atoms with van der Waals surface area (Å²) in [6.45, 7) is 0. The predicted octanol–water partition coefficient (Wildman–Crippen LogP) is 1.79. The molecule has 1 aliphatic rings. The third-order valence-corrected chi connectivity index (χ3v) is 5.34. The second-order valence-corrected chi connectivity index (χ2v) is 7.48. The van der Waals surface area contributed by atoms with Crippen LogP contribution in [0, 0.1) is 5.92 Å². The van der Waals surface area contributed by atoms with Crippen LogP contribution in [-0.4, -0.2) is 31.3 Å². The highest BCUT2D eigenvalue weighted by Gasteiger charge is 2.26. The van der Waals surface area contributed by atoms with Crippen molar-refractivity contribution in [3.8, 4) is 0 Å². The average molecular weight is 311 g/mol. The van der Waals surface area contributed by atoms with Crippen LogP contribution in [0.15, 0.2) is 30.3 Å². The van der Waals surface area contributed by atoms with Gasteiger partial charge in [0, 0.05) is 0 Å². The van der Waals surface area contributed by atoms with Crippen LogP contribution in [0.1, 0.15) is 31.2 Å². The van der Waals surface area contributed by atoms with Crippen LogP contribution < -0.4 is 4.72 Å². The van der Waals surface area contributed by atoms with Crippen LogP contribution in [0.5, 0.6) is 0 Å². The van der Waals surface area contributed by atoms with E-state index in [9.17, 15) is 18.3 Å². The Bertz CT molecular complexity index is 567. The van der Waals surface area contributed by atoms with Crippen LogP contribution >= 0.6 is 0 Å². The van der Waals surface area contributed by atoms with E-state index in [-0.39, 0.29) is 12.2 Å². The van der Waals surface area contributed by atoms with Gasteiger partial charge in [-0.15, -0.1) is 0 Å². The third-order valence-electron chi connectivity index (χ3n) is 3.92. The first-order valence-corrected chi connectivity index (χ1v) is 8.88. The minimum absolute atomic E-state index is 0.0102. The Morgan fingerprint density at radius 2 is 1.95 bits per heavy atom. The molecule has 1 atom stereocenters. The molecular weight excluding hydrogens is 290 g/mol. The summed E-state index contributed by atoms with van der Waals surface area (Å²) < 4.78 is 26.3. The van der Waals surface area contributed by atoms with Crippen LogP contribution in [0.3, 0.4) is 0 Å². The summed E-state index contributed by atoms with van der Waals surface area (Å²) in [6.07, 6.45) is 4.11. The van der Waals surface area contributed by atoms with Gasteiger partial charge >= 0.3 is 5.97 Å². The highest BCUT2D eigenvalue weighted by atomic mass is 32.2. The van der Waals surface area contributed by atoms with Gasteiger partial charge in [-0.05, 0) is 24.3 Å². The molecule has 0 bridgehead atoms. The number of nitrogens with one attached hydrogen (secondary N) is 1. The van der Waals surface area contributed by atoms with E-state index in [4.69, 9.17) is 0 Å². The number of rotatable bonds is 8. The molecule has 0 heterocycles. The number of hydrogen-bond donors (Lipinski definition) is 2. The average Bonchev–Trinajstić information content (AvgIpc) is 2.36. The Labute approximate surface area is 125 Å². The molecule has 0 aromatic heterocycles. The van der Waals surface area contributed by atoms with Gasteiger partial charge in [-0.1, -0.05) is 49.6 Å². The smallest absolute Gasteiger partial charge is 0.322 e. The maximum Gasteiger partial charge on any atom is 0.322 e. The molecule has 0 aliphatic heterocycles. The number of aliphatic carboxylic acids is 1. The molecule has 0 unspecified atom stereocenters. The summed E-state index contributed by atoms with van der Waals surface area (Å²) in [5.41, 5.74) is 0.798. The first-order chi connectivity index (χ1) is 9.96. The second kappa shape index (κ2) is 7.04. The highest BCUT2D eigenvalue weighted by molar-refractivity contribution is 7.89. The molecule has 21 heavy (non-hydrogen) atoms. The summed E-state index contributed by atoms with van der Waals surface area (Å²) in [7, 11) is -3.55. The van der Waals surface area contributed by atoms with Gasteiger partial charge in [0.2, 0.25) is 10.0 Å². The fourth-order valence-corrected chi connectivity index (χ4v) is 3.79. The Hall–Kier alpha value is -1.40. The number of carbonyl (C=O) groups is 1. The number of benzene rings is 1. The maximum absolute atomic E-state index is 12.0. The molecule has 0 spiro atoms. The number of sulfonamides is 1. The van der Waals surface area contributed by atoms with Gasteiger partial charge in [0.1, 0.15) is 6.04 Å². The predicted molar refractivity (Wildman–Crippen MR) is 80.5 cm³/mol. The van der Waals surface area contributed by atoms with Crippen molar-refractivity contribution in [1.82, 2.24) is 4.72 Å². The van der Waals surface area contributed by atoms with Gasteiger partial charge in [-0.25, -0.2) is 13.1 Å². The molecule has 1 fully saturated rings. The second-order valence-electron chi connectivity index (χ2n) is 5.60. The number of carboxylic acid groups (broad SMARTS) is 1. The van der Waals surface area contributed by atoms with Crippen molar-refractivity contribution in [1.29, 1.82) is 0 Å². The van der Waals surface area contributed by atoms with Crippen LogP contribution in [0.2, 0.25) is 0 Å². The zero-order chi connectivity index (χ0) is 15.3. The summed E-state index contributed by atoms with van der Waals surface area (Å²) in [5, 5.41) is 9.21. The molecule has 1 aliphatic carbocycles. The maximum atomic E-state index is 12.0. The molecule has 5 nitrogen and oxygen atoms in total. The van der Waals surface area contributed by atoms with E-state index in [0.717, 1.165) is 18.4 Å². The monoisotopic (exact) mass is 311 g/mol. The van der Waals surface area contributed by atoms with Crippen molar-refractivity contribution in [3.63, 3.8) is 0 Å². The minimum atomic E-state index is -3.55. The largest absolute Gasteiger partial charge is 0.480 e. The zero-order valence-corrected chi connectivity index (χ0v) is 12.7. The van der Waals surface area contributed by atoms with E-state index < -0.39 is 22.0 Å². The Morgan fingerprint density at radius 1 is 1.29 bits per heavy atom. The van der Waals surface area contributed by atoms with E-state index >= 15 is 0 Å². The summed E-state index contributed by atoms with van der Waals surface area (Å²) in [5.74, 6) is -0.652. The Morgan fingerprint density at radius 3 is 2.48 bits per heavy atom. The van der Waals surface area contributed by atoms with Crippen molar-refractivity contribution in [2.75, 3.05) is 5.75 Å². The Balaban J connectivity index is 1.93. The number of carboxylic acids is 1. The van der Waals surface area contributed by atoms with Gasteiger partial charge in [0.25, 0.3) is 0 Å². The fourth-order valence-electron chi connectivity index (χ4n) is 2.41. The zero-order valence-electron chi connectivity index (χ0n) is 11.9. The molecule has 0 radical (unpaired) electrons. The normalized spacial score (nSPS) is 17.1. The van der Waals surface area contributed by atoms with Gasteiger partial charge in [-0.3, -0.25) is 4.79 Å². The third kappa shape index (κ3) is 5.13. The van der Waals surface area contributed by atoms with Crippen molar-refractivity contribution >= 4 is 16.0 Å². The van der Waals surface area contributed by atoms with Crippen LogP contribution in [-0.2, 0) is 21.2 Å². The van der Waals surface area contributed by atoms with Gasteiger partial charge in [-0.2, -0.15) is 0 Å². The van der Waals surface area contributed by atoms with E-state index in [2.05, 4.69) is 4.72 Å². The quantitative estimate of drug-likeness (QED) is 0.766. The van der Waals surface area contributed by atoms with E-state index in [1.807, 2.05) is 6.07 Å². The molecule has 1 saturated carbocycles. The lowest BCUT2D eigenvalue weighted by Crippen LogP contribution is -2.43. The summed E-state index contributed by atoms with van der Waals surface area (Å²) >= 11 is 0. The molecule has 0 amide bonds. The SMILES string of the molecule is O=C(O)[C@H](Cc1ccccc1)NS(=O)(=O)CCC1CCC1. The molecule has 1 aromatic rings. The summed E-state index contributed by atoms with van der Waals surface area (Å²) in [4.78, 5) is 11.3. The molecule has 2 N–H and O–H groups in total. The van der Waals surface area contributed by atoms with Crippen molar-refractivity contribution in [2.24, 2.45) is 5.92 Å². The van der Waals surface area contributed by atoms with E-state index in [0.29, 0.717) is 12.3 Å². The van der Waals surface area contributed by atoms with Gasteiger partial charge < -0.3 is 5.11 Å². The van der Waals surface area contributed by atoms with Gasteiger partial charge in [0.15, 0.2) is 0 Å². The van der Waals surface area contributed by atoms with Gasteiger partial charge in [0.05, 0.1) is 5.75 Å². The Kier molecular flexibility index (Phi) is 5.36. The van der Waals surface area contributed by atoms with E-state index in [1.165, 1.54) is 6.42 Å². The van der Waals surface area contributed by atoms with E-state index in [1.54, 1.807) is 24.3 Å². The topological polar surface area (TPSA) is 83.5 Å². The molecule has 116 valence electrons. The van der Waals surface area contributed by atoms with Crippen molar-refractivity contribution < 1.29 is 18.3 Å². The molecule has 6 heteroatoms. The number of hydrogen-bond acceptors (Lipinski definition) is 3. The molecule has 1 aromatic carbocycles. The standard InChI is InChI=1S/C15H21NO4S/c17-15(18)14(11-13-5-2-1-3-6-13)16-21(19,20)10-9-12-7-4-8-12/h1-3,5-6,12,14,16H,4,7-11H2,(H,17,18)/t14-/m0/s1. The highest BCUT2D eigenvalue weighted by Crippen LogP contribution is 2.29. The lowest BCUT2D eigenvalue weighted by molar-refractivity contribution is -0.138. The van der Waals surface area contributed by atoms with Crippen LogP contribution in [0.25, 0.3) is 0 Å². The minimum Gasteiger partial charge on any atom is -0.480 e. The lowest BCUT2D eigenvalue weighted by Gasteiger charge is -2.25.